The van der Waals surface area contributed by atoms with Crippen molar-refractivity contribution < 1.29 is 30.7 Å². The predicted octanol–water partition coefficient (Wildman–Crippen LogP) is -1.01. The van der Waals surface area contributed by atoms with Gasteiger partial charge in [-0.2, -0.15) is 0 Å². The lowest BCUT2D eigenvalue weighted by Gasteiger charge is -2.35. The molecule has 2 rings (SSSR count). The lowest BCUT2D eigenvalue weighted by molar-refractivity contribution is -0.148. The van der Waals surface area contributed by atoms with E-state index >= 15 is 0 Å². The Morgan fingerprint density at radius 2 is 1.62 bits per heavy atom. The number of aliphatic hydroxyl groups excluding tert-OH is 2. The summed E-state index contributed by atoms with van der Waals surface area (Å²) in [7, 11) is 1.89. The minimum atomic E-state index is -0.744. The normalized spacial score (nSPS) is 35.1. The zero-order chi connectivity index (χ0) is 13.4. The third-order valence-corrected chi connectivity index (χ3v) is 4.22. The van der Waals surface area contributed by atoms with Crippen molar-refractivity contribution in [3.8, 4) is 0 Å². The maximum atomic E-state index is 11.7. The molecule has 0 spiro atoms. The summed E-state index contributed by atoms with van der Waals surface area (Å²) in [6.45, 7) is 3.51. The third kappa shape index (κ3) is 4.24. The number of nitrogens with zero attached hydrogens (tertiary/aromatic N) is 1. The Balaban J connectivity index is 0. The van der Waals surface area contributed by atoms with E-state index in [1.54, 1.807) is 19.9 Å². The number of rotatable bonds is 2. The van der Waals surface area contributed by atoms with Crippen LogP contribution in [-0.2, 0) is 9.53 Å². The summed E-state index contributed by atoms with van der Waals surface area (Å²) in [5, 5.41) is 19.8. The Morgan fingerprint density at radius 1 is 1.19 bits per heavy atom. The van der Waals surface area contributed by atoms with Gasteiger partial charge in [-0.15, -0.1) is 17.0 Å². The molecular formula is C13H26BrNO6. The van der Waals surface area contributed by atoms with Gasteiger partial charge in [-0.25, -0.2) is 4.79 Å². The van der Waals surface area contributed by atoms with Gasteiger partial charge in [0, 0.05) is 30.5 Å². The molecule has 21 heavy (non-hydrogen) atoms. The first-order valence-electron chi connectivity index (χ1n) is 6.37. The zero-order valence-corrected chi connectivity index (χ0v) is 14.2. The lowest BCUT2D eigenvalue weighted by Crippen LogP contribution is -2.46. The monoisotopic (exact) mass is 371 g/mol. The van der Waals surface area contributed by atoms with Crippen LogP contribution in [0.25, 0.3) is 0 Å². The average Bonchev–Trinajstić information content (AvgIpc) is 2.50. The van der Waals surface area contributed by atoms with Crippen LogP contribution < -0.4 is 0 Å². The Bertz CT molecular complexity index is 352. The standard InChI is InChI=1S/C13H21NO4.BrH.2H2O/c1-4-7(2)13(17)18-8-5-9-11(15)12(16)10(6-8)14(9)3;;;/h4,8-12,15-16H,5-6H2,1-3H3;1H;2*1H2/b7-4+;;;/t8?,9-,10+,11-,12+;;;. The molecule has 5 atom stereocenters. The summed E-state index contributed by atoms with van der Waals surface area (Å²) >= 11 is 0. The van der Waals surface area contributed by atoms with E-state index in [0.29, 0.717) is 18.4 Å². The van der Waals surface area contributed by atoms with Crippen molar-refractivity contribution in [1.82, 2.24) is 4.90 Å². The number of likely N-dealkylation sites (N-methyl/N-ethyl adjacent to an activating group) is 1. The summed E-state index contributed by atoms with van der Waals surface area (Å²) in [5.74, 6) is -0.310. The van der Waals surface area contributed by atoms with Crippen LogP contribution >= 0.6 is 17.0 Å². The number of halogens is 1. The fourth-order valence-electron chi connectivity index (χ4n) is 2.89. The largest absolute Gasteiger partial charge is 0.459 e. The summed E-state index contributed by atoms with van der Waals surface area (Å²) in [6, 6.07) is -0.245. The predicted molar refractivity (Wildman–Crippen MR) is 83.4 cm³/mol. The summed E-state index contributed by atoms with van der Waals surface area (Å²) in [5.41, 5.74) is 0.586. The van der Waals surface area contributed by atoms with Gasteiger partial charge in [0.15, 0.2) is 0 Å². The highest BCUT2D eigenvalue weighted by atomic mass is 79.9. The second kappa shape index (κ2) is 8.82. The van der Waals surface area contributed by atoms with Crippen LogP contribution in [0.4, 0.5) is 0 Å². The third-order valence-electron chi connectivity index (χ3n) is 4.22. The van der Waals surface area contributed by atoms with Crippen molar-refractivity contribution in [2.24, 2.45) is 0 Å². The fraction of sp³-hybridized carbons (Fsp3) is 0.769. The van der Waals surface area contributed by atoms with Gasteiger partial charge < -0.3 is 25.9 Å². The van der Waals surface area contributed by atoms with Gasteiger partial charge in [-0.05, 0) is 20.9 Å². The van der Waals surface area contributed by atoms with E-state index in [2.05, 4.69) is 0 Å². The fourth-order valence-corrected chi connectivity index (χ4v) is 2.89. The highest BCUT2D eigenvalue weighted by molar-refractivity contribution is 8.93. The molecule has 7 nitrogen and oxygen atoms in total. The van der Waals surface area contributed by atoms with Gasteiger partial charge >= 0.3 is 5.97 Å². The number of carbonyl (C=O) groups excluding carboxylic acids is 1. The smallest absolute Gasteiger partial charge is 0.333 e. The van der Waals surface area contributed by atoms with Gasteiger partial charge in [0.1, 0.15) is 6.10 Å². The van der Waals surface area contributed by atoms with E-state index in [4.69, 9.17) is 4.74 Å². The number of aliphatic hydroxyl groups is 2. The maximum absolute atomic E-state index is 11.7. The molecule has 2 aliphatic rings. The topological polar surface area (TPSA) is 133 Å². The molecule has 0 radical (unpaired) electrons. The number of carbonyl (C=O) groups is 1. The van der Waals surface area contributed by atoms with Gasteiger partial charge in [0.25, 0.3) is 0 Å². The second-order valence-corrected chi connectivity index (χ2v) is 5.25. The van der Waals surface area contributed by atoms with Crippen LogP contribution in [-0.4, -0.2) is 69.5 Å². The number of piperidine rings is 1. The summed E-state index contributed by atoms with van der Waals surface area (Å²) in [6.07, 6.45) is 1.17. The molecule has 6 N–H and O–H groups in total. The molecule has 2 saturated heterocycles. The van der Waals surface area contributed by atoms with Gasteiger partial charge in [0.2, 0.25) is 0 Å². The average molecular weight is 372 g/mol. The van der Waals surface area contributed by atoms with Crippen molar-refractivity contribution in [1.29, 1.82) is 0 Å². The SMILES string of the molecule is Br.C/C=C(\C)C(=O)OC1C[C@@H]2[C@@H](O)[C@@H](O)[C@H](C1)N2C.O.O. The van der Waals surface area contributed by atoms with Crippen molar-refractivity contribution in [3.05, 3.63) is 11.6 Å². The molecule has 2 bridgehead atoms. The van der Waals surface area contributed by atoms with Gasteiger partial charge in [0.05, 0.1) is 12.2 Å². The summed E-state index contributed by atoms with van der Waals surface area (Å²) < 4.78 is 5.41. The molecule has 2 fully saturated rings. The Labute approximate surface area is 135 Å². The molecule has 0 aromatic carbocycles. The van der Waals surface area contributed by atoms with Crippen molar-refractivity contribution in [3.63, 3.8) is 0 Å². The number of esters is 1. The van der Waals surface area contributed by atoms with E-state index in [0.717, 1.165) is 0 Å². The highest BCUT2D eigenvalue weighted by Crippen LogP contribution is 2.36. The molecule has 8 heteroatoms. The molecule has 0 aromatic rings. The molecule has 0 aromatic heterocycles. The molecular weight excluding hydrogens is 346 g/mol. The van der Waals surface area contributed by atoms with E-state index in [9.17, 15) is 15.0 Å². The molecule has 126 valence electrons. The first kappa shape index (κ1) is 22.8. The first-order valence-corrected chi connectivity index (χ1v) is 6.37. The Morgan fingerprint density at radius 3 is 2.00 bits per heavy atom. The van der Waals surface area contributed by atoms with Crippen molar-refractivity contribution in [2.75, 3.05) is 7.05 Å². The Hall–Kier alpha value is -0.510. The molecule has 0 amide bonds. The molecule has 2 aliphatic heterocycles. The number of allylic oxidation sites excluding steroid dienone is 1. The second-order valence-electron chi connectivity index (χ2n) is 5.25. The number of fused-ring (bicyclic) bond motifs is 2. The van der Waals surface area contributed by atoms with E-state index in [-0.39, 0.29) is 52.1 Å². The molecule has 0 aliphatic carbocycles. The maximum Gasteiger partial charge on any atom is 0.333 e. The number of ether oxygens (including phenoxy) is 1. The van der Waals surface area contributed by atoms with Gasteiger partial charge in [-0.1, -0.05) is 6.08 Å². The van der Waals surface area contributed by atoms with E-state index in [1.807, 2.05) is 11.9 Å². The van der Waals surface area contributed by atoms with Crippen LogP contribution in [0.3, 0.4) is 0 Å². The quantitative estimate of drug-likeness (QED) is 0.473. The van der Waals surface area contributed by atoms with Crippen molar-refractivity contribution in [2.45, 2.75) is 57.1 Å². The molecule has 1 unspecified atom stereocenters. The van der Waals surface area contributed by atoms with Crippen LogP contribution in [0, 0.1) is 0 Å². The summed E-state index contributed by atoms with van der Waals surface area (Å²) in [4.78, 5) is 13.7. The van der Waals surface area contributed by atoms with Crippen LogP contribution in [0.15, 0.2) is 11.6 Å². The van der Waals surface area contributed by atoms with E-state index < -0.39 is 12.2 Å². The van der Waals surface area contributed by atoms with Crippen molar-refractivity contribution >= 4 is 23.0 Å². The first-order chi connectivity index (χ1) is 8.45. The number of hydrogen-bond acceptors (Lipinski definition) is 5. The lowest BCUT2D eigenvalue weighted by atomic mass is 10.00. The highest BCUT2D eigenvalue weighted by Gasteiger charge is 2.51. The minimum Gasteiger partial charge on any atom is -0.459 e. The van der Waals surface area contributed by atoms with Gasteiger partial charge in [-0.3, -0.25) is 4.90 Å². The zero-order valence-electron chi connectivity index (χ0n) is 12.4. The van der Waals surface area contributed by atoms with Crippen LogP contribution in [0.2, 0.25) is 0 Å². The molecule has 0 saturated carbocycles. The van der Waals surface area contributed by atoms with Crippen LogP contribution in [0.5, 0.6) is 0 Å². The van der Waals surface area contributed by atoms with Crippen LogP contribution in [0.1, 0.15) is 26.7 Å². The molecule has 2 heterocycles. The minimum absolute atomic E-state index is 0. The number of hydrogen-bond donors (Lipinski definition) is 2. The van der Waals surface area contributed by atoms with E-state index in [1.165, 1.54) is 0 Å². The Kier molecular flexibility index (Phi) is 9.56.